The SMILES string of the molecule is Cc1nc(Cl)c(NCCc2cnn(C)c2)nc1C. The van der Waals surface area contributed by atoms with Crippen LogP contribution in [0.15, 0.2) is 12.4 Å². The minimum atomic E-state index is 0.421. The van der Waals surface area contributed by atoms with Gasteiger partial charge in [-0.2, -0.15) is 5.10 Å². The molecule has 0 radical (unpaired) electrons. The quantitative estimate of drug-likeness (QED) is 0.920. The molecule has 0 saturated carbocycles. The summed E-state index contributed by atoms with van der Waals surface area (Å²) in [5, 5.41) is 7.74. The largest absolute Gasteiger partial charge is 0.367 e. The van der Waals surface area contributed by atoms with Gasteiger partial charge >= 0.3 is 0 Å². The van der Waals surface area contributed by atoms with Gasteiger partial charge in [0.15, 0.2) is 11.0 Å². The summed E-state index contributed by atoms with van der Waals surface area (Å²) in [6.45, 7) is 4.57. The molecule has 0 aliphatic rings. The van der Waals surface area contributed by atoms with Crippen LogP contribution in [0.3, 0.4) is 0 Å². The zero-order valence-corrected chi connectivity index (χ0v) is 11.5. The van der Waals surface area contributed by atoms with Gasteiger partial charge in [0.05, 0.1) is 17.6 Å². The molecule has 0 spiro atoms. The first-order chi connectivity index (χ1) is 8.56. The van der Waals surface area contributed by atoms with Crippen molar-refractivity contribution in [1.82, 2.24) is 19.7 Å². The van der Waals surface area contributed by atoms with Crippen molar-refractivity contribution in [2.45, 2.75) is 20.3 Å². The highest BCUT2D eigenvalue weighted by atomic mass is 35.5. The third-order valence-electron chi connectivity index (χ3n) is 2.73. The van der Waals surface area contributed by atoms with Crippen LogP contribution in [-0.2, 0) is 13.5 Å². The minimum absolute atomic E-state index is 0.421. The first-order valence-corrected chi connectivity index (χ1v) is 6.16. The lowest BCUT2D eigenvalue weighted by atomic mass is 10.2. The molecular weight excluding hydrogens is 250 g/mol. The van der Waals surface area contributed by atoms with Crippen molar-refractivity contribution in [1.29, 1.82) is 0 Å². The lowest BCUT2D eigenvalue weighted by molar-refractivity contribution is 0.767. The lowest BCUT2D eigenvalue weighted by Crippen LogP contribution is -2.08. The minimum Gasteiger partial charge on any atom is -0.367 e. The average Bonchev–Trinajstić information content (AvgIpc) is 2.71. The molecule has 0 aromatic carbocycles. The van der Waals surface area contributed by atoms with Gasteiger partial charge in [0, 0.05) is 19.8 Å². The number of hydrogen-bond donors (Lipinski definition) is 1. The standard InChI is InChI=1S/C12H16ClN5/c1-8-9(2)17-12(11(13)16-8)14-5-4-10-6-15-18(3)7-10/h6-7H,4-5H2,1-3H3,(H,14,17). The first-order valence-electron chi connectivity index (χ1n) is 5.78. The van der Waals surface area contributed by atoms with Crippen LogP contribution in [0, 0.1) is 13.8 Å². The number of aryl methyl sites for hydroxylation is 3. The first kappa shape index (κ1) is 12.8. The van der Waals surface area contributed by atoms with Crippen molar-refractivity contribution in [3.05, 3.63) is 34.5 Å². The van der Waals surface area contributed by atoms with E-state index in [0.717, 1.165) is 24.4 Å². The fourth-order valence-electron chi connectivity index (χ4n) is 1.61. The van der Waals surface area contributed by atoms with Crippen LogP contribution >= 0.6 is 11.6 Å². The zero-order valence-electron chi connectivity index (χ0n) is 10.7. The second kappa shape index (κ2) is 5.35. The fraction of sp³-hybridized carbons (Fsp3) is 0.417. The Balaban J connectivity index is 1.96. The van der Waals surface area contributed by atoms with Crippen molar-refractivity contribution in [2.75, 3.05) is 11.9 Å². The number of anilines is 1. The van der Waals surface area contributed by atoms with E-state index in [9.17, 15) is 0 Å². The maximum absolute atomic E-state index is 6.03. The molecule has 18 heavy (non-hydrogen) atoms. The Morgan fingerprint density at radius 3 is 2.67 bits per heavy atom. The number of nitrogens with one attached hydrogen (secondary N) is 1. The van der Waals surface area contributed by atoms with Gasteiger partial charge in [0.1, 0.15) is 0 Å². The van der Waals surface area contributed by atoms with E-state index >= 15 is 0 Å². The normalized spacial score (nSPS) is 10.7. The lowest BCUT2D eigenvalue weighted by Gasteiger charge is -2.08. The molecule has 0 atom stereocenters. The van der Waals surface area contributed by atoms with Gasteiger partial charge in [0.25, 0.3) is 0 Å². The Bertz CT molecular complexity index is 549. The Kier molecular flexibility index (Phi) is 3.81. The number of aromatic nitrogens is 4. The summed E-state index contributed by atoms with van der Waals surface area (Å²) < 4.78 is 1.79. The fourth-order valence-corrected chi connectivity index (χ4v) is 1.85. The van der Waals surface area contributed by atoms with Gasteiger partial charge in [-0.25, -0.2) is 9.97 Å². The maximum atomic E-state index is 6.03. The van der Waals surface area contributed by atoms with Crippen LogP contribution in [0.4, 0.5) is 5.82 Å². The summed E-state index contributed by atoms with van der Waals surface area (Å²) in [6, 6.07) is 0. The van der Waals surface area contributed by atoms with E-state index in [-0.39, 0.29) is 0 Å². The van der Waals surface area contributed by atoms with Crippen molar-refractivity contribution >= 4 is 17.4 Å². The monoisotopic (exact) mass is 265 g/mol. The summed E-state index contributed by atoms with van der Waals surface area (Å²) in [5.74, 6) is 0.642. The second-order valence-electron chi connectivity index (χ2n) is 4.23. The molecule has 0 saturated heterocycles. The van der Waals surface area contributed by atoms with E-state index in [1.807, 2.05) is 33.3 Å². The molecule has 2 aromatic heterocycles. The van der Waals surface area contributed by atoms with E-state index in [0.29, 0.717) is 11.0 Å². The molecule has 0 amide bonds. The van der Waals surface area contributed by atoms with Crippen molar-refractivity contribution in [3.8, 4) is 0 Å². The van der Waals surface area contributed by atoms with Gasteiger partial charge in [-0.3, -0.25) is 4.68 Å². The summed E-state index contributed by atoms with van der Waals surface area (Å²) in [4.78, 5) is 8.61. The summed E-state index contributed by atoms with van der Waals surface area (Å²) in [7, 11) is 1.91. The highest BCUT2D eigenvalue weighted by molar-refractivity contribution is 6.31. The average molecular weight is 266 g/mol. The third kappa shape index (κ3) is 2.98. The van der Waals surface area contributed by atoms with Gasteiger partial charge in [0.2, 0.25) is 0 Å². The van der Waals surface area contributed by atoms with E-state index in [1.165, 1.54) is 5.56 Å². The summed E-state index contributed by atoms with van der Waals surface area (Å²) in [6.07, 6.45) is 4.73. The maximum Gasteiger partial charge on any atom is 0.171 e. The molecule has 0 aliphatic carbocycles. The second-order valence-corrected chi connectivity index (χ2v) is 4.59. The highest BCUT2D eigenvalue weighted by Gasteiger charge is 2.06. The van der Waals surface area contributed by atoms with Crippen LogP contribution < -0.4 is 5.32 Å². The Labute approximate surface area is 111 Å². The molecule has 0 fully saturated rings. The molecule has 2 aromatic rings. The number of rotatable bonds is 4. The van der Waals surface area contributed by atoms with Crippen LogP contribution in [-0.4, -0.2) is 26.3 Å². The summed E-state index contributed by atoms with van der Waals surface area (Å²) >= 11 is 6.03. The van der Waals surface area contributed by atoms with Gasteiger partial charge < -0.3 is 5.32 Å². The van der Waals surface area contributed by atoms with Crippen LogP contribution in [0.5, 0.6) is 0 Å². The Hall–Kier alpha value is -1.62. The molecule has 0 bridgehead atoms. The number of hydrogen-bond acceptors (Lipinski definition) is 4. The number of nitrogens with zero attached hydrogens (tertiary/aromatic N) is 4. The number of halogens is 1. The summed E-state index contributed by atoms with van der Waals surface area (Å²) in [5.41, 5.74) is 2.93. The molecule has 1 N–H and O–H groups in total. The highest BCUT2D eigenvalue weighted by Crippen LogP contribution is 2.18. The van der Waals surface area contributed by atoms with E-state index in [4.69, 9.17) is 11.6 Å². The molecule has 6 heteroatoms. The smallest absolute Gasteiger partial charge is 0.171 e. The Morgan fingerprint density at radius 2 is 2.00 bits per heavy atom. The van der Waals surface area contributed by atoms with E-state index in [1.54, 1.807) is 4.68 Å². The molecule has 2 rings (SSSR count). The molecule has 2 heterocycles. The van der Waals surface area contributed by atoms with Crippen LogP contribution in [0.2, 0.25) is 5.15 Å². The molecule has 96 valence electrons. The Morgan fingerprint density at radius 1 is 1.28 bits per heavy atom. The van der Waals surface area contributed by atoms with Crippen molar-refractivity contribution in [3.63, 3.8) is 0 Å². The van der Waals surface area contributed by atoms with Gasteiger partial charge in [-0.15, -0.1) is 0 Å². The zero-order chi connectivity index (χ0) is 13.1. The molecule has 0 unspecified atom stereocenters. The van der Waals surface area contributed by atoms with Crippen LogP contribution in [0.1, 0.15) is 17.0 Å². The van der Waals surface area contributed by atoms with Gasteiger partial charge in [-0.1, -0.05) is 11.6 Å². The van der Waals surface area contributed by atoms with Gasteiger partial charge in [-0.05, 0) is 25.8 Å². The van der Waals surface area contributed by atoms with Crippen LogP contribution in [0.25, 0.3) is 0 Å². The predicted octanol–water partition coefficient (Wildman–Crippen LogP) is 2.13. The predicted molar refractivity (Wildman–Crippen MR) is 71.9 cm³/mol. The van der Waals surface area contributed by atoms with Crippen molar-refractivity contribution in [2.24, 2.45) is 7.05 Å². The van der Waals surface area contributed by atoms with E-state index < -0.39 is 0 Å². The molecule has 0 aliphatic heterocycles. The third-order valence-corrected chi connectivity index (χ3v) is 2.99. The topological polar surface area (TPSA) is 55.6 Å². The van der Waals surface area contributed by atoms with E-state index in [2.05, 4.69) is 20.4 Å². The molecular formula is C12H16ClN5. The molecule has 5 nitrogen and oxygen atoms in total. The van der Waals surface area contributed by atoms with Crippen molar-refractivity contribution < 1.29 is 0 Å².